The maximum absolute atomic E-state index is 14.2. The highest BCUT2D eigenvalue weighted by Crippen LogP contribution is 2.23. The zero-order valence-electron chi connectivity index (χ0n) is 19.4. The summed E-state index contributed by atoms with van der Waals surface area (Å²) in [4.78, 5) is 27.1. The zero-order valence-corrected chi connectivity index (χ0v) is 19.4. The predicted molar refractivity (Wildman–Crippen MR) is 123 cm³/mol. The molecule has 4 nitrogen and oxygen atoms in total. The summed E-state index contributed by atoms with van der Waals surface area (Å²) in [5.74, 6) is -0.761. The first-order chi connectivity index (χ1) is 14.6. The fourth-order valence-electron chi connectivity index (χ4n) is 3.35. The van der Waals surface area contributed by atoms with Crippen molar-refractivity contribution in [1.82, 2.24) is 10.2 Å². The minimum Gasteiger partial charge on any atom is -0.354 e. The Morgan fingerprint density at radius 1 is 1.06 bits per heavy atom. The van der Waals surface area contributed by atoms with Crippen molar-refractivity contribution in [1.29, 1.82) is 0 Å². The Bertz CT molecular complexity index is 872. The van der Waals surface area contributed by atoms with Crippen LogP contribution < -0.4 is 5.32 Å². The smallest absolute Gasteiger partial charge is 0.242 e. The van der Waals surface area contributed by atoms with Crippen LogP contribution >= 0.6 is 0 Å². The van der Waals surface area contributed by atoms with Gasteiger partial charge in [0.1, 0.15) is 11.9 Å². The van der Waals surface area contributed by atoms with Crippen LogP contribution in [0.15, 0.2) is 48.5 Å². The molecule has 0 aliphatic rings. The van der Waals surface area contributed by atoms with Gasteiger partial charge in [0.15, 0.2) is 0 Å². The first-order valence-electron chi connectivity index (χ1n) is 11.0. The summed E-state index contributed by atoms with van der Waals surface area (Å²) in [6.07, 6.45) is 1.64. The van der Waals surface area contributed by atoms with Crippen LogP contribution in [0.25, 0.3) is 0 Å². The Kier molecular flexibility index (Phi) is 8.78. The van der Waals surface area contributed by atoms with E-state index in [0.29, 0.717) is 18.5 Å². The number of hydrogen-bond donors (Lipinski definition) is 1. The van der Waals surface area contributed by atoms with E-state index in [1.807, 2.05) is 19.1 Å². The standard InChI is InChI=1S/C26H35FN2O2/c1-6-17-28-25(31)19(2)29(18-21-9-7-8-10-23(21)27)24(30)16-13-20-11-14-22(15-12-20)26(3,4)5/h7-12,14-15,19H,6,13,16-18H2,1-5H3,(H,28,31)/t19-/m1/s1. The number of halogens is 1. The largest absolute Gasteiger partial charge is 0.354 e. The van der Waals surface area contributed by atoms with Crippen LogP contribution in [0, 0.1) is 5.82 Å². The van der Waals surface area contributed by atoms with E-state index in [9.17, 15) is 14.0 Å². The van der Waals surface area contributed by atoms with Gasteiger partial charge in [0.2, 0.25) is 11.8 Å². The second kappa shape index (κ2) is 11.1. The van der Waals surface area contributed by atoms with Gasteiger partial charge in [-0.15, -0.1) is 0 Å². The third-order valence-corrected chi connectivity index (χ3v) is 5.46. The van der Waals surface area contributed by atoms with Gasteiger partial charge in [-0.1, -0.05) is 70.2 Å². The van der Waals surface area contributed by atoms with Crippen LogP contribution in [-0.2, 0) is 28.0 Å². The molecule has 1 N–H and O–H groups in total. The van der Waals surface area contributed by atoms with E-state index < -0.39 is 6.04 Å². The SMILES string of the molecule is CCCNC(=O)[C@@H](C)N(Cc1ccccc1F)C(=O)CCc1ccc(C(C)(C)C)cc1. The minimum atomic E-state index is -0.679. The number of amides is 2. The summed E-state index contributed by atoms with van der Waals surface area (Å²) in [6, 6.07) is 14.0. The highest BCUT2D eigenvalue weighted by Gasteiger charge is 2.26. The monoisotopic (exact) mass is 426 g/mol. The van der Waals surface area contributed by atoms with Crippen molar-refractivity contribution in [3.05, 3.63) is 71.0 Å². The lowest BCUT2D eigenvalue weighted by atomic mass is 9.86. The number of rotatable bonds is 9. The molecule has 1 atom stereocenters. The molecule has 2 aromatic carbocycles. The fourth-order valence-corrected chi connectivity index (χ4v) is 3.35. The van der Waals surface area contributed by atoms with Crippen molar-refractivity contribution < 1.29 is 14.0 Å². The molecule has 2 amide bonds. The number of aryl methyl sites for hydroxylation is 1. The van der Waals surface area contributed by atoms with Crippen molar-refractivity contribution in [2.45, 2.75) is 71.9 Å². The van der Waals surface area contributed by atoms with Crippen molar-refractivity contribution in [3.8, 4) is 0 Å². The van der Waals surface area contributed by atoms with Gasteiger partial charge in [0, 0.05) is 25.1 Å². The van der Waals surface area contributed by atoms with Crippen LogP contribution in [0.2, 0.25) is 0 Å². The lowest BCUT2D eigenvalue weighted by Gasteiger charge is -2.29. The first kappa shape index (κ1) is 24.6. The molecule has 0 radical (unpaired) electrons. The van der Waals surface area contributed by atoms with E-state index in [-0.39, 0.29) is 36.0 Å². The van der Waals surface area contributed by atoms with Gasteiger partial charge in [-0.2, -0.15) is 0 Å². The Morgan fingerprint density at radius 2 is 1.71 bits per heavy atom. The van der Waals surface area contributed by atoms with Gasteiger partial charge < -0.3 is 10.2 Å². The van der Waals surface area contributed by atoms with Crippen LogP contribution in [0.3, 0.4) is 0 Å². The molecular weight excluding hydrogens is 391 g/mol. The Hall–Kier alpha value is -2.69. The Balaban J connectivity index is 2.13. The van der Waals surface area contributed by atoms with Crippen LogP contribution in [0.4, 0.5) is 4.39 Å². The third-order valence-electron chi connectivity index (χ3n) is 5.46. The molecule has 0 heterocycles. The van der Waals surface area contributed by atoms with Crippen LogP contribution in [0.1, 0.15) is 64.2 Å². The maximum Gasteiger partial charge on any atom is 0.242 e. The second-order valence-corrected chi connectivity index (χ2v) is 9.03. The first-order valence-corrected chi connectivity index (χ1v) is 11.0. The van der Waals surface area contributed by atoms with E-state index in [2.05, 4.69) is 38.2 Å². The summed E-state index contributed by atoms with van der Waals surface area (Å²) in [7, 11) is 0. The Morgan fingerprint density at radius 3 is 2.29 bits per heavy atom. The fraction of sp³-hybridized carbons (Fsp3) is 0.462. The number of benzene rings is 2. The Labute approximate surface area is 185 Å². The van der Waals surface area contributed by atoms with Crippen LogP contribution in [0.5, 0.6) is 0 Å². The zero-order chi connectivity index (χ0) is 23.0. The lowest BCUT2D eigenvalue weighted by Crippen LogP contribution is -2.47. The summed E-state index contributed by atoms with van der Waals surface area (Å²) in [5.41, 5.74) is 2.78. The van der Waals surface area contributed by atoms with E-state index in [0.717, 1.165) is 12.0 Å². The molecule has 0 saturated heterocycles. The van der Waals surface area contributed by atoms with Crippen molar-refractivity contribution in [2.75, 3.05) is 6.54 Å². The summed E-state index contributed by atoms with van der Waals surface area (Å²) < 4.78 is 14.2. The van der Waals surface area contributed by atoms with E-state index in [4.69, 9.17) is 0 Å². The normalized spacial score (nSPS) is 12.3. The van der Waals surface area contributed by atoms with Gasteiger partial charge in [0.05, 0.1) is 0 Å². The number of hydrogen-bond acceptors (Lipinski definition) is 2. The van der Waals surface area contributed by atoms with Crippen molar-refractivity contribution in [2.24, 2.45) is 0 Å². The topological polar surface area (TPSA) is 49.4 Å². The summed E-state index contributed by atoms with van der Waals surface area (Å²) in [5, 5.41) is 2.84. The quantitative estimate of drug-likeness (QED) is 0.613. The van der Waals surface area contributed by atoms with Crippen molar-refractivity contribution in [3.63, 3.8) is 0 Å². The molecule has 0 spiro atoms. The molecule has 0 aliphatic heterocycles. The lowest BCUT2D eigenvalue weighted by molar-refractivity contribution is -0.140. The highest BCUT2D eigenvalue weighted by molar-refractivity contribution is 5.87. The second-order valence-electron chi connectivity index (χ2n) is 9.03. The van der Waals surface area contributed by atoms with Gasteiger partial charge in [-0.3, -0.25) is 9.59 Å². The number of carbonyl (C=O) groups is 2. The maximum atomic E-state index is 14.2. The number of nitrogens with zero attached hydrogens (tertiary/aromatic N) is 1. The van der Waals surface area contributed by atoms with Crippen LogP contribution in [-0.4, -0.2) is 29.3 Å². The molecule has 2 aromatic rings. The highest BCUT2D eigenvalue weighted by atomic mass is 19.1. The number of carbonyl (C=O) groups excluding carboxylic acids is 2. The summed E-state index contributed by atoms with van der Waals surface area (Å²) in [6.45, 7) is 10.8. The summed E-state index contributed by atoms with van der Waals surface area (Å²) >= 11 is 0. The van der Waals surface area contributed by atoms with E-state index in [1.165, 1.54) is 16.5 Å². The van der Waals surface area contributed by atoms with Gasteiger partial charge in [0.25, 0.3) is 0 Å². The molecule has 0 fully saturated rings. The van der Waals surface area contributed by atoms with Gasteiger partial charge >= 0.3 is 0 Å². The number of nitrogens with one attached hydrogen (secondary N) is 1. The van der Waals surface area contributed by atoms with E-state index >= 15 is 0 Å². The molecule has 0 bridgehead atoms. The van der Waals surface area contributed by atoms with E-state index in [1.54, 1.807) is 25.1 Å². The van der Waals surface area contributed by atoms with Gasteiger partial charge in [-0.25, -0.2) is 4.39 Å². The molecule has 0 unspecified atom stereocenters. The molecule has 0 saturated carbocycles. The minimum absolute atomic E-state index is 0.0647. The molecular formula is C26H35FN2O2. The van der Waals surface area contributed by atoms with Gasteiger partial charge in [-0.05, 0) is 42.4 Å². The average molecular weight is 427 g/mol. The molecule has 2 rings (SSSR count). The average Bonchev–Trinajstić information content (AvgIpc) is 2.74. The third kappa shape index (κ3) is 7.20. The molecule has 168 valence electrons. The molecule has 0 aliphatic carbocycles. The molecule has 0 aromatic heterocycles. The van der Waals surface area contributed by atoms with Crippen molar-refractivity contribution >= 4 is 11.8 Å². The predicted octanol–water partition coefficient (Wildman–Crippen LogP) is 5.00. The molecule has 5 heteroatoms. The molecule has 31 heavy (non-hydrogen) atoms.